The lowest BCUT2D eigenvalue weighted by Crippen LogP contribution is -2.44. The van der Waals surface area contributed by atoms with Crippen molar-refractivity contribution in [2.75, 3.05) is 20.2 Å². The highest BCUT2D eigenvalue weighted by molar-refractivity contribution is 5.78. The molecule has 1 heterocycles. The fraction of sp³-hybridized carbons (Fsp3) is 0.833. The number of carboxylic acid groups (broad SMARTS) is 1. The zero-order valence-corrected chi connectivity index (χ0v) is 10.7. The van der Waals surface area contributed by atoms with E-state index in [4.69, 9.17) is 9.84 Å². The number of amides is 1. The van der Waals surface area contributed by atoms with Gasteiger partial charge in [-0.1, -0.05) is 0 Å². The summed E-state index contributed by atoms with van der Waals surface area (Å²) >= 11 is 0. The number of methoxy groups -OCH3 is 1. The van der Waals surface area contributed by atoms with Crippen molar-refractivity contribution in [1.82, 2.24) is 4.90 Å². The van der Waals surface area contributed by atoms with Gasteiger partial charge < -0.3 is 14.7 Å². The van der Waals surface area contributed by atoms with E-state index in [1.165, 1.54) is 0 Å². The summed E-state index contributed by atoms with van der Waals surface area (Å²) < 4.78 is 5.21. The van der Waals surface area contributed by atoms with E-state index < -0.39 is 17.5 Å². The molecule has 1 aliphatic rings. The maximum atomic E-state index is 12.0. The van der Waals surface area contributed by atoms with Crippen LogP contribution in [0, 0.1) is 5.92 Å². The molecule has 1 aliphatic heterocycles. The summed E-state index contributed by atoms with van der Waals surface area (Å²) in [5.74, 6) is -1.25. The average molecular weight is 243 g/mol. The van der Waals surface area contributed by atoms with Crippen molar-refractivity contribution in [3.05, 3.63) is 0 Å². The van der Waals surface area contributed by atoms with Gasteiger partial charge in [-0.3, -0.25) is 9.59 Å². The fourth-order valence-electron chi connectivity index (χ4n) is 1.95. The minimum Gasteiger partial charge on any atom is -0.481 e. The lowest BCUT2D eigenvalue weighted by atomic mass is 9.96. The molecule has 1 fully saturated rings. The standard InChI is InChI=1S/C12H21NO4/c1-12(2,17-3)7-10(14)13-6-4-5-9(8-13)11(15)16/h9H,4-8H2,1-3H3,(H,15,16). The second kappa shape index (κ2) is 5.49. The van der Waals surface area contributed by atoms with Crippen molar-refractivity contribution in [2.24, 2.45) is 5.92 Å². The number of ether oxygens (including phenoxy) is 1. The predicted molar refractivity (Wildman–Crippen MR) is 62.6 cm³/mol. The Morgan fingerprint density at radius 1 is 1.47 bits per heavy atom. The summed E-state index contributed by atoms with van der Waals surface area (Å²) in [5, 5.41) is 8.95. The highest BCUT2D eigenvalue weighted by Gasteiger charge is 2.30. The molecule has 1 N–H and O–H groups in total. The highest BCUT2D eigenvalue weighted by Crippen LogP contribution is 2.20. The Labute approximate surface area is 102 Å². The topological polar surface area (TPSA) is 66.8 Å². The maximum absolute atomic E-state index is 12.0. The van der Waals surface area contributed by atoms with E-state index in [9.17, 15) is 9.59 Å². The third-order valence-corrected chi connectivity index (χ3v) is 3.25. The molecule has 0 bridgehead atoms. The number of nitrogens with zero attached hydrogens (tertiary/aromatic N) is 1. The van der Waals surface area contributed by atoms with E-state index in [1.54, 1.807) is 12.0 Å². The smallest absolute Gasteiger partial charge is 0.308 e. The van der Waals surface area contributed by atoms with Crippen LogP contribution in [0.2, 0.25) is 0 Å². The molecule has 98 valence electrons. The fourth-order valence-corrected chi connectivity index (χ4v) is 1.95. The summed E-state index contributed by atoms with van der Waals surface area (Å²) in [6, 6.07) is 0. The first-order chi connectivity index (χ1) is 7.85. The average Bonchev–Trinajstić information content (AvgIpc) is 2.28. The van der Waals surface area contributed by atoms with E-state index in [1.807, 2.05) is 13.8 Å². The monoisotopic (exact) mass is 243 g/mol. The Bertz CT molecular complexity index is 301. The zero-order valence-electron chi connectivity index (χ0n) is 10.7. The number of carbonyl (C=O) groups excluding carboxylic acids is 1. The number of hydrogen-bond donors (Lipinski definition) is 1. The molecule has 0 spiro atoms. The van der Waals surface area contributed by atoms with E-state index in [-0.39, 0.29) is 12.3 Å². The van der Waals surface area contributed by atoms with Gasteiger partial charge in [-0.05, 0) is 26.7 Å². The van der Waals surface area contributed by atoms with Crippen LogP contribution in [-0.4, -0.2) is 47.7 Å². The Morgan fingerprint density at radius 2 is 2.12 bits per heavy atom. The van der Waals surface area contributed by atoms with Gasteiger partial charge in [-0.15, -0.1) is 0 Å². The Morgan fingerprint density at radius 3 is 2.65 bits per heavy atom. The van der Waals surface area contributed by atoms with Crippen molar-refractivity contribution < 1.29 is 19.4 Å². The molecule has 0 saturated carbocycles. The highest BCUT2D eigenvalue weighted by atomic mass is 16.5. The molecule has 5 nitrogen and oxygen atoms in total. The van der Waals surface area contributed by atoms with Crippen LogP contribution in [0.4, 0.5) is 0 Å². The number of rotatable bonds is 4. The zero-order chi connectivity index (χ0) is 13.1. The summed E-state index contributed by atoms with van der Waals surface area (Å²) in [6.07, 6.45) is 1.71. The number of carboxylic acids is 1. The van der Waals surface area contributed by atoms with E-state index in [0.29, 0.717) is 19.5 Å². The minimum atomic E-state index is -0.812. The van der Waals surface area contributed by atoms with Crippen LogP contribution in [0.1, 0.15) is 33.1 Å². The largest absolute Gasteiger partial charge is 0.481 e. The lowest BCUT2D eigenvalue weighted by molar-refractivity contribution is -0.146. The second-order valence-corrected chi connectivity index (χ2v) is 5.16. The predicted octanol–water partition coefficient (Wildman–Crippen LogP) is 1.12. The molecule has 1 amide bonds. The number of piperidine rings is 1. The van der Waals surface area contributed by atoms with Crippen molar-refractivity contribution >= 4 is 11.9 Å². The Hall–Kier alpha value is -1.10. The van der Waals surface area contributed by atoms with Gasteiger partial charge in [0.15, 0.2) is 0 Å². The molecule has 0 aromatic carbocycles. The van der Waals surface area contributed by atoms with Gasteiger partial charge >= 0.3 is 5.97 Å². The van der Waals surface area contributed by atoms with Crippen LogP contribution < -0.4 is 0 Å². The SMILES string of the molecule is COC(C)(C)CC(=O)N1CCCC(C(=O)O)C1. The Balaban J connectivity index is 2.55. The van der Waals surface area contributed by atoms with Gasteiger partial charge in [0.25, 0.3) is 0 Å². The number of hydrogen-bond acceptors (Lipinski definition) is 3. The third kappa shape index (κ3) is 4.00. The van der Waals surface area contributed by atoms with E-state index >= 15 is 0 Å². The number of carbonyl (C=O) groups is 2. The van der Waals surface area contributed by atoms with Crippen molar-refractivity contribution in [3.8, 4) is 0 Å². The summed E-state index contributed by atoms with van der Waals surface area (Å²) in [5.41, 5.74) is -0.493. The van der Waals surface area contributed by atoms with Gasteiger partial charge in [0.1, 0.15) is 0 Å². The van der Waals surface area contributed by atoms with E-state index in [0.717, 1.165) is 6.42 Å². The van der Waals surface area contributed by atoms with Gasteiger partial charge in [0.2, 0.25) is 5.91 Å². The van der Waals surface area contributed by atoms with Crippen LogP contribution in [0.3, 0.4) is 0 Å². The van der Waals surface area contributed by atoms with Crippen molar-refractivity contribution in [2.45, 2.75) is 38.7 Å². The molecule has 1 unspecified atom stereocenters. The number of aliphatic carboxylic acids is 1. The molecule has 0 aromatic rings. The first kappa shape index (κ1) is 14.0. The maximum Gasteiger partial charge on any atom is 0.308 e. The molecule has 0 aromatic heterocycles. The van der Waals surface area contributed by atoms with Crippen LogP contribution in [0.25, 0.3) is 0 Å². The van der Waals surface area contributed by atoms with Gasteiger partial charge in [0, 0.05) is 20.2 Å². The normalized spacial score (nSPS) is 21.4. The quantitative estimate of drug-likeness (QED) is 0.803. The molecule has 1 atom stereocenters. The second-order valence-electron chi connectivity index (χ2n) is 5.16. The molecular formula is C12H21NO4. The van der Waals surface area contributed by atoms with Crippen molar-refractivity contribution in [1.29, 1.82) is 0 Å². The molecular weight excluding hydrogens is 222 g/mol. The van der Waals surface area contributed by atoms with Gasteiger partial charge in [-0.25, -0.2) is 0 Å². The van der Waals surface area contributed by atoms with Crippen LogP contribution in [0.5, 0.6) is 0 Å². The Kier molecular flexibility index (Phi) is 4.51. The van der Waals surface area contributed by atoms with E-state index in [2.05, 4.69) is 0 Å². The van der Waals surface area contributed by atoms with Crippen LogP contribution >= 0.6 is 0 Å². The summed E-state index contributed by atoms with van der Waals surface area (Å²) in [6.45, 7) is 4.68. The molecule has 0 radical (unpaired) electrons. The van der Waals surface area contributed by atoms with Gasteiger partial charge in [-0.2, -0.15) is 0 Å². The first-order valence-corrected chi connectivity index (χ1v) is 5.91. The third-order valence-electron chi connectivity index (χ3n) is 3.25. The molecule has 17 heavy (non-hydrogen) atoms. The molecule has 1 saturated heterocycles. The van der Waals surface area contributed by atoms with Crippen LogP contribution in [-0.2, 0) is 14.3 Å². The van der Waals surface area contributed by atoms with Crippen LogP contribution in [0.15, 0.2) is 0 Å². The minimum absolute atomic E-state index is 0.0252. The number of likely N-dealkylation sites (tertiary alicyclic amines) is 1. The first-order valence-electron chi connectivity index (χ1n) is 5.91. The summed E-state index contributed by atoms with van der Waals surface area (Å²) in [4.78, 5) is 24.5. The lowest BCUT2D eigenvalue weighted by Gasteiger charge is -2.33. The molecule has 0 aliphatic carbocycles. The van der Waals surface area contributed by atoms with Gasteiger partial charge in [0.05, 0.1) is 17.9 Å². The molecule has 1 rings (SSSR count). The summed E-state index contributed by atoms with van der Waals surface area (Å²) in [7, 11) is 1.57. The molecule has 5 heteroatoms. The van der Waals surface area contributed by atoms with Crippen molar-refractivity contribution in [3.63, 3.8) is 0 Å².